The summed E-state index contributed by atoms with van der Waals surface area (Å²) in [6.07, 6.45) is 2.92. The number of likely N-dealkylation sites (tertiary alicyclic amines) is 1. The minimum atomic E-state index is -4.49. The van der Waals surface area contributed by atoms with E-state index in [1.165, 1.54) is 0 Å². The average molecular weight is 615 g/mol. The van der Waals surface area contributed by atoms with Crippen molar-refractivity contribution in [2.24, 2.45) is 0 Å². The van der Waals surface area contributed by atoms with Crippen molar-refractivity contribution < 1.29 is 22.8 Å². The zero-order valence-corrected chi connectivity index (χ0v) is 25.0. The van der Waals surface area contributed by atoms with Crippen LogP contribution in [0.25, 0.3) is 16.8 Å². The largest absolute Gasteiger partial charge is 0.405 e. The summed E-state index contributed by atoms with van der Waals surface area (Å²) in [4.78, 5) is 29.2. The van der Waals surface area contributed by atoms with Gasteiger partial charge in [0.15, 0.2) is 0 Å². The highest BCUT2D eigenvalue weighted by Gasteiger charge is 2.49. The van der Waals surface area contributed by atoms with Crippen LogP contribution in [0.15, 0.2) is 97.3 Å². The topological polar surface area (TPSA) is 66.4 Å². The van der Waals surface area contributed by atoms with Gasteiger partial charge in [0, 0.05) is 31.5 Å². The van der Waals surface area contributed by atoms with Crippen molar-refractivity contribution in [1.29, 1.82) is 0 Å². The number of amides is 2. The van der Waals surface area contributed by atoms with E-state index in [4.69, 9.17) is 0 Å². The summed E-state index contributed by atoms with van der Waals surface area (Å²) in [6, 6.07) is 26.6. The molecule has 0 unspecified atom stereocenters. The Morgan fingerprint density at radius 1 is 0.800 bits per heavy atom. The van der Waals surface area contributed by atoms with Crippen molar-refractivity contribution in [3.63, 3.8) is 0 Å². The molecule has 234 valence electrons. The van der Waals surface area contributed by atoms with Crippen LogP contribution in [0.1, 0.15) is 53.6 Å². The Balaban J connectivity index is 1.06. The molecule has 4 aromatic rings. The predicted octanol–water partition coefficient (Wildman–Crippen LogP) is 6.49. The molecule has 1 aliphatic heterocycles. The highest BCUT2D eigenvalue weighted by molar-refractivity contribution is 6.00. The van der Waals surface area contributed by atoms with Gasteiger partial charge in [-0.1, -0.05) is 67.1 Å². The molecule has 2 heterocycles. The summed E-state index contributed by atoms with van der Waals surface area (Å²) in [7, 11) is 0. The molecule has 0 spiro atoms. The number of nitrogens with zero attached hydrogens (tertiary/aromatic N) is 2. The number of carbonyl (C=O) groups is 2. The first-order valence-electron chi connectivity index (χ1n) is 15.6. The monoisotopic (exact) mass is 614 g/mol. The van der Waals surface area contributed by atoms with Crippen LogP contribution in [0.2, 0.25) is 0 Å². The van der Waals surface area contributed by atoms with E-state index in [-0.39, 0.29) is 11.9 Å². The predicted molar refractivity (Wildman–Crippen MR) is 168 cm³/mol. The van der Waals surface area contributed by atoms with Gasteiger partial charge in [-0.05, 0) is 78.7 Å². The van der Waals surface area contributed by atoms with Crippen LogP contribution in [-0.4, -0.2) is 59.7 Å². The molecule has 2 aliphatic rings. The van der Waals surface area contributed by atoms with Gasteiger partial charge in [-0.3, -0.25) is 9.59 Å². The van der Waals surface area contributed by atoms with Crippen LogP contribution in [0.4, 0.5) is 13.2 Å². The van der Waals surface area contributed by atoms with Crippen molar-refractivity contribution in [3.05, 3.63) is 114 Å². The van der Waals surface area contributed by atoms with Gasteiger partial charge in [0.05, 0.1) is 11.3 Å². The minimum absolute atomic E-state index is 0.0797. The second-order valence-electron chi connectivity index (χ2n) is 11.9. The van der Waals surface area contributed by atoms with Gasteiger partial charge in [-0.15, -0.1) is 0 Å². The SMILES string of the molecule is O=C(NC1CCN(CCCCC2(C(=O)NCC(F)(F)F)c3ccccc3-c3ccccc32)CC1)c1ccccc1-n1cccc1. The first-order chi connectivity index (χ1) is 21.8. The van der Waals surface area contributed by atoms with Gasteiger partial charge in [0.2, 0.25) is 5.91 Å². The summed E-state index contributed by atoms with van der Waals surface area (Å²) in [5.41, 5.74) is 3.63. The minimum Gasteiger partial charge on any atom is -0.349 e. The van der Waals surface area contributed by atoms with E-state index in [2.05, 4.69) is 15.5 Å². The van der Waals surface area contributed by atoms with Crippen molar-refractivity contribution in [1.82, 2.24) is 20.1 Å². The molecular weight excluding hydrogens is 577 g/mol. The molecule has 2 N–H and O–H groups in total. The number of nitrogens with one attached hydrogen (secondary N) is 2. The molecule has 0 atom stereocenters. The Kier molecular flexibility index (Phi) is 8.81. The molecule has 0 radical (unpaired) electrons. The van der Waals surface area contributed by atoms with Crippen LogP contribution in [-0.2, 0) is 10.2 Å². The summed E-state index contributed by atoms with van der Waals surface area (Å²) in [5.74, 6) is -0.684. The molecule has 1 saturated heterocycles. The number of aromatic nitrogens is 1. The maximum Gasteiger partial charge on any atom is 0.405 e. The molecule has 1 aliphatic carbocycles. The Morgan fingerprint density at radius 3 is 2.04 bits per heavy atom. The van der Waals surface area contributed by atoms with E-state index in [0.29, 0.717) is 18.4 Å². The number of carbonyl (C=O) groups excluding carboxylic acids is 2. The average Bonchev–Trinajstić information content (AvgIpc) is 3.69. The van der Waals surface area contributed by atoms with Crippen molar-refractivity contribution in [3.8, 4) is 16.8 Å². The standard InChI is InChI=1S/C36H37F3N4O2/c37-36(38,39)25-40-34(45)35(30-14-4-1-11-27(30)28-12-2-5-15-31(28)35)19-7-8-20-42-23-17-26(18-24-42)41-33(44)29-13-3-6-16-32(29)43-21-9-10-22-43/h1-6,9-16,21-22,26H,7-8,17-20,23-25H2,(H,40,45)(H,41,44). The zero-order valence-electron chi connectivity index (χ0n) is 25.0. The third-order valence-corrected chi connectivity index (χ3v) is 9.13. The van der Waals surface area contributed by atoms with E-state index in [0.717, 1.165) is 66.8 Å². The van der Waals surface area contributed by atoms with Crippen LogP contribution in [0, 0.1) is 0 Å². The van der Waals surface area contributed by atoms with Crippen LogP contribution in [0.5, 0.6) is 0 Å². The van der Waals surface area contributed by atoms with Gasteiger partial charge in [0.1, 0.15) is 12.0 Å². The Labute approximate surface area is 261 Å². The third kappa shape index (κ3) is 6.40. The maximum atomic E-state index is 13.7. The number of hydrogen-bond acceptors (Lipinski definition) is 3. The zero-order chi connectivity index (χ0) is 31.4. The fourth-order valence-corrected chi connectivity index (χ4v) is 6.96. The fourth-order valence-electron chi connectivity index (χ4n) is 6.96. The fraction of sp³-hybridized carbons (Fsp3) is 0.333. The second-order valence-corrected chi connectivity index (χ2v) is 11.9. The second kappa shape index (κ2) is 12.9. The lowest BCUT2D eigenvalue weighted by Crippen LogP contribution is -2.47. The van der Waals surface area contributed by atoms with Gasteiger partial charge >= 0.3 is 6.18 Å². The van der Waals surface area contributed by atoms with E-state index in [1.54, 1.807) is 0 Å². The number of unbranched alkanes of at least 4 members (excludes halogenated alkanes) is 1. The summed E-state index contributed by atoms with van der Waals surface area (Å²) >= 11 is 0. The van der Waals surface area contributed by atoms with Crippen molar-refractivity contribution >= 4 is 11.8 Å². The summed E-state index contributed by atoms with van der Waals surface area (Å²) < 4.78 is 41.4. The lowest BCUT2D eigenvalue weighted by atomic mass is 9.73. The molecule has 2 amide bonds. The molecule has 6 nitrogen and oxygen atoms in total. The normalized spacial score (nSPS) is 16.2. The summed E-state index contributed by atoms with van der Waals surface area (Å²) in [5, 5.41) is 5.43. The van der Waals surface area contributed by atoms with Gasteiger partial charge in [-0.2, -0.15) is 13.2 Å². The maximum absolute atomic E-state index is 13.7. The lowest BCUT2D eigenvalue weighted by molar-refractivity contribution is -0.141. The van der Waals surface area contributed by atoms with Crippen LogP contribution >= 0.6 is 0 Å². The van der Waals surface area contributed by atoms with E-state index >= 15 is 0 Å². The number of para-hydroxylation sites is 1. The van der Waals surface area contributed by atoms with Crippen LogP contribution in [0.3, 0.4) is 0 Å². The quantitative estimate of drug-likeness (QED) is 0.201. The Morgan fingerprint density at radius 2 is 1.40 bits per heavy atom. The summed E-state index contributed by atoms with van der Waals surface area (Å²) in [6.45, 7) is 1.14. The van der Waals surface area contributed by atoms with Gasteiger partial charge in [0.25, 0.3) is 5.91 Å². The lowest BCUT2D eigenvalue weighted by Gasteiger charge is -2.33. The third-order valence-electron chi connectivity index (χ3n) is 9.13. The molecule has 0 saturated carbocycles. The molecule has 9 heteroatoms. The number of halogens is 3. The van der Waals surface area contributed by atoms with E-state index in [1.807, 2.05) is 102 Å². The Bertz CT molecular complexity index is 1600. The molecule has 1 fully saturated rings. The number of piperidine rings is 1. The number of fused-ring (bicyclic) bond motifs is 3. The number of hydrogen-bond donors (Lipinski definition) is 2. The van der Waals surface area contributed by atoms with Crippen LogP contribution < -0.4 is 10.6 Å². The molecule has 3 aromatic carbocycles. The highest BCUT2D eigenvalue weighted by atomic mass is 19.4. The molecule has 45 heavy (non-hydrogen) atoms. The number of benzene rings is 3. The van der Waals surface area contributed by atoms with Crippen molar-refractivity contribution in [2.45, 2.75) is 49.7 Å². The van der Waals surface area contributed by atoms with Gasteiger partial charge < -0.3 is 20.1 Å². The highest BCUT2D eigenvalue weighted by Crippen LogP contribution is 2.51. The molecule has 0 bridgehead atoms. The van der Waals surface area contributed by atoms with Crippen molar-refractivity contribution in [2.75, 3.05) is 26.2 Å². The first-order valence-corrected chi connectivity index (χ1v) is 15.6. The van der Waals surface area contributed by atoms with Gasteiger partial charge in [-0.25, -0.2) is 0 Å². The first kappa shape index (κ1) is 30.6. The van der Waals surface area contributed by atoms with E-state index < -0.39 is 24.0 Å². The molecule has 1 aromatic heterocycles. The molecular formula is C36H37F3N4O2. The number of rotatable bonds is 10. The Hall–Kier alpha value is -4.37. The molecule has 6 rings (SSSR count). The number of alkyl halides is 3. The smallest absolute Gasteiger partial charge is 0.349 e. The van der Waals surface area contributed by atoms with E-state index in [9.17, 15) is 22.8 Å².